The van der Waals surface area contributed by atoms with Crippen LogP contribution in [0, 0.1) is 5.92 Å². The number of nitrogens with zero attached hydrogens (tertiary/aromatic N) is 3. The molecule has 9 nitrogen and oxygen atoms in total. The number of amides is 2. The Balaban J connectivity index is 1.76. The molecule has 3 heterocycles. The van der Waals surface area contributed by atoms with Crippen molar-refractivity contribution in [2.45, 2.75) is 45.2 Å². The van der Waals surface area contributed by atoms with Gasteiger partial charge in [-0.1, -0.05) is 13.8 Å². The average molecular weight is 361 g/mol. The van der Waals surface area contributed by atoms with Crippen LogP contribution in [0.25, 0.3) is 0 Å². The number of carbonyl (C=O) groups is 2. The molecular formula is C17H23N5O4. The smallest absolute Gasteiger partial charge is 0.276 e. The van der Waals surface area contributed by atoms with Crippen molar-refractivity contribution in [1.82, 2.24) is 14.9 Å². The Morgan fingerprint density at radius 3 is 2.65 bits per heavy atom. The van der Waals surface area contributed by atoms with Crippen LogP contribution in [0.2, 0.25) is 0 Å². The lowest BCUT2D eigenvalue weighted by atomic mass is 10.0. The summed E-state index contributed by atoms with van der Waals surface area (Å²) in [5, 5.41) is 0. The normalized spacial score (nSPS) is 18.5. The SMILES string of the molecule is CC(C)C[C@H](N)c1nc(C(=O)N2CCC[C@H]2c2nc(C(N)=O)co2)co1. The van der Waals surface area contributed by atoms with Crippen molar-refractivity contribution in [3.8, 4) is 0 Å². The number of hydrogen-bond donors (Lipinski definition) is 2. The minimum atomic E-state index is -0.670. The van der Waals surface area contributed by atoms with E-state index in [9.17, 15) is 9.59 Å². The number of primary amides is 1. The zero-order chi connectivity index (χ0) is 18.8. The van der Waals surface area contributed by atoms with E-state index in [2.05, 4.69) is 23.8 Å². The molecule has 1 aliphatic heterocycles. The maximum absolute atomic E-state index is 12.8. The first-order valence-electron chi connectivity index (χ1n) is 8.64. The van der Waals surface area contributed by atoms with Crippen LogP contribution < -0.4 is 11.5 Å². The Morgan fingerprint density at radius 1 is 1.27 bits per heavy atom. The van der Waals surface area contributed by atoms with Gasteiger partial charge < -0.3 is 25.2 Å². The summed E-state index contributed by atoms with van der Waals surface area (Å²) in [5.74, 6) is 0.0903. The van der Waals surface area contributed by atoms with E-state index >= 15 is 0 Å². The standard InChI is InChI=1S/C17H23N5O4/c1-9(2)6-10(18)15-21-12(8-25-15)17(24)22-5-3-4-13(22)16-20-11(7-26-16)14(19)23/h7-10,13H,3-6,18H2,1-2H3,(H2,19,23)/t10-,13-/m0/s1. The van der Waals surface area contributed by atoms with E-state index in [1.165, 1.54) is 12.5 Å². The Morgan fingerprint density at radius 2 is 2.00 bits per heavy atom. The van der Waals surface area contributed by atoms with Gasteiger partial charge in [0.25, 0.3) is 11.8 Å². The molecule has 2 atom stereocenters. The predicted molar refractivity (Wildman–Crippen MR) is 90.9 cm³/mol. The van der Waals surface area contributed by atoms with Gasteiger partial charge in [-0.3, -0.25) is 9.59 Å². The van der Waals surface area contributed by atoms with Crippen LogP contribution >= 0.6 is 0 Å². The number of likely N-dealkylation sites (tertiary alicyclic amines) is 1. The fourth-order valence-electron chi connectivity index (χ4n) is 3.13. The van der Waals surface area contributed by atoms with Gasteiger partial charge in [-0.2, -0.15) is 0 Å². The summed E-state index contributed by atoms with van der Waals surface area (Å²) in [4.78, 5) is 34.0. The van der Waals surface area contributed by atoms with Crippen molar-refractivity contribution in [2.24, 2.45) is 17.4 Å². The maximum Gasteiger partial charge on any atom is 0.276 e. The van der Waals surface area contributed by atoms with Crippen LogP contribution in [-0.2, 0) is 0 Å². The van der Waals surface area contributed by atoms with Crippen molar-refractivity contribution in [3.63, 3.8) is 0 Å². The molecule has 1 fully saturated rings. The highest BCUT2D eigenvalue weighted by atomic mass is 16.3. The summed E-state index contributed by atoms with van der Waals surface area (Å²) in [5.41, 5.74) is 11.5. The summed E-state index contributed by atoms with van der Waals surface area (Å²) in [6, 6.07) is -0.712. The molecule has 3 rings (SSSR count). The van der Waals surface area contributed by atoms with E-state index in [4.69, 9.17) is 20.3 Å². The van der Waals surface area contributed by atoms with Crippen molar-refractivity contribution >= 4 is 11.8 Å². The monoisotopic (exact) mass is 361 g/mol. The molecule has 9 heteroatoms. The van der Waals surface area contributed by atoms with Crippen LogP contribution in [-0.4, -0.2) is 33.2 Å². The third kappa shape index (κ3) is 3.62. The van der Waals surface area contributed by atoms with Crippen LogP contribution in [0.4, 0.5) is 0 Å². The first-order chi connectivity index (χ1) is 12.4. The van der Waals surface area contributed by atoms with Crippen molar-refractivity contribution in [2.75, 3.05) is 6.54 Å². The summed E-state index contributed by atoms with van der Waals surface area (Å²) in [6.07, 6.45) is 4.73. The molecule has 2 aromatic heterocycles. The largest absolute Gasteiger partial charge is 0.446 e. The van der Waals surface area contributed by atoms with Crippen molar-refractivity contribution in [3.05, 3.63) is 35.7 Å². The molecule has 0 unspecified atom stereocenters. The molecule has 1 aliphatic rings. The summed E-state index contributed by atoms with van der Waals surface area (Å²) in [7, 11) is 0. The molecule has 26 heavy (non-hydrogen) atoms. The van der Waals surface area contributed by atoms with Crippen LogP contribution in [0.5, 0.6) is 0 Å². The first-order valence-corrected chi connectivity index (χ1v) is 8.64. The summed E-state index contributed by atoms with van der Waals surface area (Å²) >= 11 is 0. The summed E-state index contributed by atoms with van der Waals surface area (Å²) in [6.45, 7) is 4.65. The summed E-state index contributed by atoms with van der Waals surface area (Å²) < 4.78 is 10.7. The second kappa shape index (κ2) is 7.28. The minimum absolute atomic E-state index is 0.0441. The van der Waals surface area contributed by atoms with E-state index < -0.39 is 5.91 Å². The van der Waals surface area contributed by atoms with E-state index in [1.54, 1.807) is 4.90 Å². The van der Waals surface area contributed by atoms with Crippen molar-refractivity contribution < 1.29 is 18.4 Å². The van der Waals surface area contributed by atoms with Gasteiger partial charge in [-0.15, -0.1) is 0 Å². The third-order valence-electron chi connectivity index (χ3n) is 4.36. The Kier molecular flexibility index (Phi) is 5.08. The number of carbonyl (C=O) groups excluding carboxylic acids is 2. The van der Waals surface area contributed by atoms with E-state index in [0.29, 0.717) is 37.1 Å². The second-order valence-corrected chi connectivity index (χ2v) is 6.90. The highest BCUT2D eigenvalue weighted by Gasteiger charge is 2.35. The van der Waals surface area contributed by atoms with Gasteiger partial charge in [0.1, 0.15) is 18.6 Å². The van der Waals surface area contributed by atoms with E-state index in [-0.39, 0.29) is 29.4 Å². The van der Waals surface area contributed by atoms with Gasteiger partial charge in [-0.25, -0.2) is 9.97 Å². The van der Waals surface area contributed by atoms with Gasteiger partial charge >= 0.3 is 0 Å². The highest BCUT2D eigenvalue weighted by molar-refractivity contribution is 5.92. The molecule has 2 amide bonds. The zero-order valence-electron chi connectivity index (χ0n) is 14.8. The van der Waals surface area contributed by atoms with E-state index in [0.717, 1.165) is 6.42 Å². The highest BCUT2D eigenvalue weighted by Crippen LogP contribution is 2.32. The number of rotatable bonds is 6. The predicted octanol–water partition coefficient (Wildman–Crippen LogP) is 1.78. The quantitative estimate of drug-likeness (QED) is 0.798. The lowest BCUT2D eigenvalue weighted by Crippen LogP contribution is -2.31. The van der Waals surface area contributed by atoms with Gasteiger partial charge in [0, 0.05) is 6.54 Å². The Hall–Kier alpha value is -2.68. The van der Waals surface area contributed by atoms with Crippen LogP contribution in [0.1, 0.15) is 78.0 Å². The first kappa shape index (κ1) is 18.1. The lowest BCUT2D eigenvalue weighted by molar-refractivity contribution is 0.0709. The zero-order valence-corrected chi connectivity index (χ0v) is 14.8. The third-order valence-corrected chi connectivity index (χ3v) is 4.36. The number of aromatic nitrogens is 2. The maximum atomic E-state index is 12.8. The fourth-order valence-corrected chi connectivity index (χ4v) is 3.13. The average Bonchev–Trinajstić information content (AvgIpc) is 3.31. The number of hydrogen-bond acceptors (Lipinski definition) is 7. The van der Waals surface area contributed by atoms with Crippen LogP contribution in [0.15, 0.2) is 21.4 Å². The molecule has 0 bridgehead atoms. The van der Waals surface area contributed by atoms with Crippen LogP contribution in [0.3, 0.4) is 0 Å². The molecule has 2 aromatic rings. The molecule has 0 spiro atoms. The van der Waals surface area contributed by atoms with E-state index in [1.807, 2.05) is 0 Å². The number of nitrogens with two attached hydrogens (primary N) is 2. The lowest BCUT2D eigenvalue weighted by Gasteiger charge is -2.21. The van der Waals surface area contributed by atoms with Gasteiger partial charge in [0.05, 0.1) is 6.04 Å². The molecule has 0 aliphatic carbocycles. The molecule has 0 radical (unpaired) electrons. The minimum Gasteiger partial charge on any atom is -0.446 e. The molecule has 0 saturated carbocycles. The van der Waals surface area contributed by atoms with Gasteiger partial charge in [-0.05, 0) is 25.2 Å². The van der Waals surface area contributed by atoms with Crippen molar-refractivity contribution in [1.29, 1.82) is 0 Å². The molecule has 140 valence electrons. The molecular weight excluding hydrogens is 338 g/mol. The topological polar surface area (TPSA) is 141 Å². The Bertz CT molecular complexity index is 797. The second-order valence-electron chi connectivity index (χ2n) is 6.90. The fraction of sp³-hybridized carbons (Fsp3) is 0.529. The van der Waals surface area contributed by atoms with Gasteiger partial charge in [0.15, 0.2) is 11.4 Å². The Labute approximate surface area is 150 Å². The number of oxazole rings is 2. The van der Waals surface area contributed by atoms with Gasteiger partial charge in [0.2, 0.25) is 11.8 Å². The molecule has 4 N–H and O–H groups in total. The molecule has 1 saturated heterocycles. The molecule has 0 aromatic carbocycles.